The van der Waals surface area contributed by atoms with Crippen LogP contribution >= 0.6 is 15.9 Å². The predicted molar refractivity (Wildman–Crippen MR) is 84.1 cm³/mol. The average molecular weight is 337 g/mol. The van der Waals surface area contributed by atoms with E-state index in [0.717, 1.165) is 40.4 Å². The minimum Gasteiger partial charge on any atom is -0.496 e. The third-order valence-corrected chi connectivity index (χ3v) is 3.28. The van der Waals surface area contributed by atoms with Crippen molar-refractivity contribution in [2.75, 3.05) is 32.6 Å². The number of halogens is 1. The maximum Gasteiger partial charge on any atom is 0.148 e. The maximum atomic E-state index is 5.35. The van der Waals surface area contributed by atoms with Gasteiger partial charge in [0, 0.05) is 23.1 Å². The van der Waals surface area contributed by atoms with Gasteiger partial charge in [-0.15, -0.1) is 10.2 Å². The number of likely N-dealkylation sites (N-methyl/N-ethyl adjacent to an activating group) is 1. The molecule has 5 nitrogen and oxygen atoms in total. The largest absolute Gasteiger partial charge is 0.496 e. The molecule has 2 aromatic rings. The van der Waals surface area contributed by atoms with Crippen LogP contribution < -0.4 is 15.4 Å². The minimum atomic E-state index is 0.762. The third-order valence-electron chi connectivity index (χ3n) is 2.78. The Morgan fingerprint density at radius 3 is 2.65 bits per heavy atom. The Balaban J connectivity index is 2.19. The number of nitrogens with one attached hydrogen (secondary N) is 2. The average Bonchev–Trinajstić information content (AvgIpc) is 2.48. The van der Waals surface area contributed by atoms with Crippen LogP contribution in [0.25, 0.3) is 11.3 Å². The molecule has 20 heavy (non-hydrogen) atoms. The van der Waals surface area contributed by atoms with Gasteiger partial charge < -0.3 is 15.4 Å². The monoisotopic (exact) mass is 336 g/mol. The fraction of sp³-hybridized carbons (Fsp3) is 0.286. The van der Waals surface area contributed by atoms with Gasteiger partial charge in [-0.25, -0.2) is 0 Å². The van der Waals surface area contributed by atoms with Crippen LogP contribution in [0.3, 0.4) is 0 Å². The summed E-state index contributed by atoms with van der Waals surface area (Å²) in [5.74, 6) is 1.54. The van der Waals surface area contributed by atoms with Crippen molar-refractivity contribution in [1.29, 1.82) is 0 Å². The molecule has 2 N–H and O–H groups in total. The Bertz CT molecular complexity index is 560. The number of anilines is 1. The fourth-order valence-electron chi connectivity index (χ4n) is 1.77. The second-order valence-electron chi connectivity index (χ2n) is 4.18. The summed E-state index contributed by atoms with van der Waals surface area (Å²) in [5, 5.41) is 14.7. The van der Waals surface area contributed by atoms with Gasteiger partial charge >= 0.3 is 0 Å². The number of rotatable bonds is 6. The Kier molecular flexibility index (Phi) is 5.31. The smallest absolute Gasteiger partial charge is 0.148 e. The highest BCUT2D eigenvalue weighted by Crippen LogP contribution is 2.31. The van der Waals surface area contributed by atoms with Crippen LogP contribution in [0.4, 0.5) is 5.82 Å². The molecule has 1 aromatic carbocycles. The van der Waals surface area contributed by atoms with Gasteiger partial charge in [0.2, 0.25) is 0 Å². The Labute approximate surface area is 126 Å². The lowest BCUT2D eigenvalue weighted by atomic mass is 10.1. The van der Waals surface area contributed by atoms with E-state index in [2.05, 4.69) is 36.8 Å². The second kappa shape index (κ2) is 7.21. The molecule has 0 unspecified atom stereocenters. The van der Waals surface area contributed by atoms with Crippen LogP contribution in [-0.2, 0) is 0 Å². The maximum absolute atomic E-state index is 5.35. The van der Waals surface area contributed by atoms with E-state index >= 15 is 0 Å². The van der Waals surface area contributed by atoms with E-state index in [9.17, 15) is 0 Å². The first-order valence-electron chi connectivity index (χ1n) is 6.30. The first-order valence-corrected chi connectivity index (χ1v) is 7.10. The molecule has 1 heterocycles. The molecule has 6 heteroatoms. The summed E-state index contributed by atoms with van der Waals surface area (Å²) in [6.07, 6.45) is 0. The van der Waals surface area contributed by atoms with Crippen molar-refractivity contribution in [2.24, 2.45) is 0 Å². The van der Waals surface area contributed by atoms with Gasteiger partial charge in [0.15, 0.2) is 0 Å². The summed E-state index contributed by atoms with van der Waals surface area (Å²) in [7, 11) is 3.56. The lowest BCUT2D eigenvalue weighted by Gasteiger charge is -2.09. The first-order chi connectivity index (χ1) is 9.74. The molecule has 0 saturated carbocycles. The summed E-state index contributed by atoms with van der Waals surface area (Å²) in [5.41, 5.74) is 1.69. The van der Waals surface area contributed by atoms with Gasteiger partial charge in [-0.05, 0) is 37.4 Å². The molecule has 0 radical (unpaired) electrons. The number of aromatic nitrogens is 2. The van der Waals surface area contributed by atoms with Gasteiger partial charge in [-0.3, -0.25) is 0 Å². The van der Waals surface area contributed by atoms with Crippen LogP contribution in [0.5, 0.6) is 5.75 Å². The predicted octanol–water partition coefficient (Wildman–Crippen LogP) is 2.55. The number of hydrogen-bond donors (Lipinski definition) is 2. The normalized spacial score (nSPS) is 10.3. The first kappa shape index (κ1) is 14.7. The van der Waals surface area contributed by atoms with Crippen molar-refractivity contribution in [3.63, 3.8) is 0 Å². The lowest BCUT2D eigenvalue weighted by molar-refractivity contribution is 0.416. The topological polar surface area (TPSA) is 59.1 Å². The highest BCUT2D eigenvalue weighted by atomic mass is 79.9. The zero-order chi connectivity index (χ0) is 14.4. The summed E-state index contributed by atoms with van der Waals surface area (Å²) in [6, 6.07) is 9.65. The Morgan fingerprint density at radius 2 is 2.00 bits per heavy atom. The number of hydrogen-bond acceptors (Lipinski definition) is 5. The third kappa shape index (κ3) is 3.68. The molecular weight excluding hydrogens is 320 g/mol. The molecule has 0 aliphatic heterocycles. The molecule has 0 fully saturated rings. The van der Waals surface area contributed by atoms with Crippen molar-refractivity contribution in [3.05, 3.63) is 34.8 Å². The van der Waals surface area contributed by atoms with Gasteiger partial charge in [0.1, 0.15) is 11.6 Å². The molecule has 0 saturated heterocycles. The Morgan fingerprint density at radius 1 is 1.15 bits per heavy atom. The zero-order valence-corrected chi connectivity index (χ0v) is 13.1. The number of ether oxygens (including phenoxy) is 1. The summed E-state index contributed by atoms with van der Waals surface area (Å²) >= 11 is 3.46. The van der Waals surface area contributed by atoms with E-state index in [-0.39, 0.29) is 0 Å². The van der Waals surface area contributed by atoms with Gasteiger partial charge in [-0.2, -0.15) is 0 Å². The summed E-state index contributed by atoms with van der Waals surface area (Å²) in [6.45, 7) is 1.69. The van der Waals surface area contributed by atoms with Crippen LogP contribution in [0.1, 0.15) is 0 Å². The van der Waals surface area contributed by atoms with E-state index in [0.29, 0.717) is 0 Å². The van der Waals surface area contributed by atoms with E-state index < -0.39 is 0 Å². The summed E-state index contributed by atoms with van der Waals surface area (Å²) < 4.78 is 6.33. The molecule has 0 bridgehead atoms. The number of nitrogens with zero attached hydrogens (tertiary/aromatic N) is 2. The lowest BCUT2D eigenvalue weighted by Crippen LogP contribution is -2.18. The second-order valence-corrected chi connectivity index (χ2v) is 5.09. The summed E-state index contributed by atoms with van der Waals surface area (Å²) in [4.78, 5) is 0. The van der Waals surface area contributed by atoms with Crippen LogP contribution in [0, 0.1) is 0 Å². The van der Waals surface area contributed by atoms with Crippen molar-refractivity contribution in [3.8, 4) is 17.0 Å². The van der Waals surface area contributed by atoms with Gasteiger partial charge in [0.05, 0.1) is 12.8 Å². The molecule has 0 aliphatic carbocycles. The van der Waals surface area contributed by atoms with Crippen molar-refractivity contribution in [1.82, 2.24) is 15.5 Å². The number of benzene rings is 1. The van der Waals surface area contributed by atoms with Crippen molar-refractivity contribution in [2.45, 2.75) is 0 Å². The van der Waals surface area contributed by atoms with Crippen LogP contribution in [0.15, 0.2) is 34.8 Å². The van der Waals surface area contributed by atoms with Crippen molar-refractivity contribution < 1.29 is 4.74 Å². The van der Waals surface area contributed by atoms with E-state index in [1.165, 1.54) is 0 Å². The molecule has 1 aromatic heterocycles. The zero-order valence-electron chi connectivity index (χ0n) is 11.5. The molecule has 0 atom stereocenters. The highest BCUT2D eigenvalue weighted by Gasteiger charge is 2.08. The standard InChI is InChI=1S/C14H17BrN4O/c1-16-7-8-17-14-6-4-12(18-19-14)11-9-10(15)3-5-13(11)20-2/h3-6,9,16H,7-8H2,1-2H3,(H,17,19). The molecule has 0 aliphatic rings. The van der Waals surface area contributed by atoms with E-state index in [4.69, 9.17) is 4.74 Å². The molecule has 2 rings (SSSR count). The fourth-order valence-corrected chi connectivity index (χ4v) is 2.13. The molecule has 106 valence electrons. The highest BCUT2D eigenvalue weighted by molar-refractivity contribution is 9.10. The van der Waals surface area contributed by atoms with Gasteiger partial charge in [-0.1, -0.05) is 15.9 Å². The van der Waals surface area contributed by atoms with E-state index in [1.54, 1.807) is 7.11 Å². The number of methoxy groups -OCH3 is 1. The van der Waals surface area contributed by atoms with Gasteiger partial charge in [0.25, 0.3) is 0 Å². The molecular formula is C14H17BrN4O. The van der Waals surface area contributed by atoms with E-state index in [1.807, 2.05) is 37.4 Å². The van der Waals surface area contributed by atoms with Crippen molar-refractivity contribution >= 4 is 21.7 Å². The van der Waals surface area contributed by atoms with Crippen LogP contribution in [0.2, 0.25) is 0 Å². The minimum absolute atomic E-state index is 0.762. The quantitative estimate of drug-likeness (QED) is 0.794. The molecule has 0 amide bonds. The Hall–Kier alpha value is -1.66. The van der Waals surface area contributed by atoms with Crippen LogP contribution in [-0.4, -0.2) is 37.4 Å². The molecule has 0 spiro atoms. The SMILES string of the molecule is CNCCNc1ccc(-c2cc(Br)ccc2OC)nn1.